The Labute approximate surface area is 98.7 Å². The van der Waals surface area contributed by atoms with Gasteiger partial charge in [0.2, 0.25) is 0 Å². The summed E-state index contributed by atoms with van der Waals surface area (Å²) < 4.78 is 0. The summed E-state index contributed by atoms with van der Waals surface area (Å²) in [7, 11) is 0. The molecule has 1 aromatic rings. The quantitative estimate of drug-likeness (QED) is 0.625. The number of aromatic nitrogens is 2. The fourth-order valence-corrected chi connectivity index (χ4v) is 1.60. The second-order valence-electron chi connectivity index (χ2n) is 3.55. The van der Waals surface area contributed by atoms with Crippen molar-refractivity contribution in [2.75, 3.05) is 31.1 Å². The Bertz CT molecular complexity index is 472. The SMILES string of the molecule is O=C(O)C#Cc1cc(N2CCNCC2)ncn1. The van der Waals surface area contributed by atoms with E-state index in [0.29, 0.717) is 5.69 Å². The van der Waals surface area contributed by atoms with E-state index in [0.717, 1.165) is 32.0 Å². The third-order valence-corrected chi connectivity index (χ3v) is 2.39. The zero-order valence-electron chi connectivity index (χ0n) is 9.18. The Morgan fingerprint density at radius 1 is 1.41 bits per heavy atom. The number of carboxylic acids is 1. The van der Waals surface area contributed by atoms with Gasteiger partial charge in [-0.25, -0.2) is 14.8 Å². The second-order valence-corrected chi connectivity index (χ2v) is 3.55. The lowest BCUT2D eigenvalue weighted by Gasteiger charge is -2.28. The number of carbonyl (C=O) groups is 1. The Hall–Kier alpha value is -2.13. The molecule has 0 bridgehead atoms. The first kappa shape index (κ1) is 11.4. The topological polar surface area (TPSA) is 78.4 Å². The van der Waals surface area contributed by atoms with Gasteiger partial charge in [0, 0.05) is 38.2 Å². The Kier molecular flexibility index (Phi) is 3.52. The van der Waals surface area contributed by atoms with Gasteiger partial charge in [0.1, 0.15) is 17.8 Å². The van der Waals surface area contributed by atoms with Gasteiger partial charge in [-0.15, -0.1) is 0 Å². The molecule has 0 aliphatic carbocycles. The molecule has 1 aliphatic heterocycles. The molecule has 1 fully saturated rings. The fourth-order valence-electron chi connectivity index (χ4n) is 1.60. The van der Waals surface area contributed by atoms with E-state index in [-0.39, 0.29) is 0 Å². The van der Waals surface area contributed by atoms with Crippen molar-refractivity contribution >= 4 is 11.8 Å². The smallest absolute Gasteiger partial charge is 0.382 e. The molecule has 0 aromatic carbocycles. The van der Waals surface area contributed by atoms with Gasteiger partial charge in [-0.3, -0.25) is 0 Å². The molecule has 1 saturated heterocycles. The predicted molar refractivity (Wildman–Crippen MR) is 61.6 cm³/mol. The van der Waals surface area contributed by atoms with Gasteiger partial charge in [0.15, 0.2) is 0 Å². The van der Waals surface area contributed by atoms with E-state index in [4.69, 9.17) is 5.11 Å². The van der Waals surface area contributed by atoms with E-state index in [1.807, 2.05) is 5.92 Å². The van der Waals surface area contributed by atoms with E-state index >= 15 is 0 Å². The molecule has 88 valence electrons. The van der Waals surface area contributed by atoms with Crippen molar-refractivity contribution in [3.8, 4) is 11.8 Å². The maximum absolute atomic E-state index is 10.3. The molecule has 17 heavy (non-hydrogen) atoms. The molecule has 0 saturated carbocycles. The third kappa shape index (κ3) is 3.16. The summed E-state index contributed by atoms with van der Waals surface area (Å²) in [6, 6.07) is 1.71. The summed E-state index contributed by atoms with van der Waals surface area (Å²) in [5.41, 5.74) is 0.427. The van der Waals surface area contributed by atoms with Crippen LogP contribution in [0.1, 0.15) is 5.69 Å². The minimum Gasteiger partial charge on any atom is -0.472 e. The molecule has 0 spiro atoms. The van der Waals surface area contributed by atoms with Crippen molar-refractivity contribution in [1.29, 1.82) is 0 Å². The maximum Gasteiger partial charge on any atom is 0.382 e. The predicted octanol–water partition coefficient (Wildman–Crippen LogP) is -0.678. The van der Waals surface area contributed by atoms with Crippen molar-refractivity contribution < 1.29 is 9.90 Å². The second kappa shape index (κ2) is 5.27. The maximum atomic E-state index is 10.3. The van der Waals surface area contributed by atoms with Gasteiger partial charge in [-0.05, 0) is 5.92 Å². The molecule has 0 unspecified atom stereocenters. The summed E-state index contributed by atoms with van der Waals surface area (Å²) in [4.78, 5) is 20.5. The van der Waals surface area contributed by atoms with Crippen molar-refractivity contribution in [3.63, 3.8) is 0 Å². The van der Waals surface area contributed by atoms with Crippen molar-refractivity contribution in [1.82, 2.24) is 15.3 Å². The Balaban J connectivity index is 2.16. The van der Waals surface area contributed by atoms with Crippen LogP contribution in [0.5, 0.6) is 0 Å². The molecular formula is C11H12N4O2. The van der Waals surface area contributed by atoms with Crippen LogP contribution in [-0.4, -0.2) is 47.2 Å². The van der Waals surface area contributed by atoms with E-state index < -0.39 is 5.97 Å². The van der Waals surface area contributed by atoms with Crippen LogP contribution < -0.4 is 10.2 Å². The summed E-state index contributed by atoms with van der Waals surface area (Å²) in [6.45, 7) is 3.59. The lowest BCUT2D eigenvalue weighted by Crippen LogP contribution is -2.43. The van der Waals surface area contributed by atoms with Crippen LogP contribution in [0.4, 0.5) is 5.82 Å². The van der Waals surface area contributed by atoms with Crippen LogP contribution in [0, 0.1) is 11.8 Å². The Morgan fingerprint density at radius 2 is 2.18 bits per heavy atom. The normalized spacial score (nSPS) is 14.9. The third-order valence-electron chi connectivity index (χ3n) is 2.39. The largest absolute Gasteiger partial charge is 0.472 e. The molecule has 6 heteroatoms. The average Bonchev–Trinajstić information content (AvgIpc) is 2.38. The first-order chi connectivity index (χ1) is 8.25. The van der Waals surface area contributed by atoms with Gasteiger partial charge >= 0.3 is 5.97 Å². The molecule has 2 rings (SSSR count). The summed E-state index contributed by atoms with van der Waals surface area (Å²) in [5.74, 6) is 4.15. The summed E-state index contributed by atoms with van der Waals surface area (Å²) >= 11 is 0. The lowest BCUT2D eigenvalue weighted by molar-refractivity contribution is -0.130. The Morgan fingerprint density at radius 3 is 2.88 bits per heavy atom. The van der Waals surface area contributed by atoms with Gasteiger partial charge in [-0.2, -0.15) is 0 Å². The van der Waals surface area contributed by atoms with Crippen LogP contribution in [0.25, 0.3) is 0 Å². The highest BCUT2D eigenvalue weighted by Gasteiger charge is 2.11. The molecule has 2 heterocycles. The standard InChI is InChI=1S/C11H12N4O2/c16-11(17)2-1-9-7-10(14-8-13-9)15-5-3-12-4-6-15/h7-8,12H,3-6H2,(H,16,17). The van der Waals surface area contributed by atoms with Crippen LogP contribution in [0.15, 0.2) is 12.4 Å². The first-order valence-electron chi connectivity index (χ1n) is 5.28. The monoisotopic (exact) mass is 232 g/mol. The number of carboxylic acid groups (broad SMARTS) is 1. The fraction of sp³-hybridized carbons (Fsp3) is 0.364. The van der Waals surface area contributed by atoms with E-state index in [9.17, 15) is 4.79 Å². The molecular weight excluding hydrogens is 220 g/mol. The number of anilines is 1. The number of hydrogen-bond donors (Lipinski definition) is 2. The molecule has 6 nitrogen and oxygen atoms in total. The van der Waals surface area contributed by atoms with Crippen molar-refractivity contribution in [3.05, 3.63) is 18.1 Å². The van der Waals surface area contributed by atoms with E-state index in [1.54, 1.807) is 6.07 Å². The zero-order chi connectivity index (χ0) is 12.1. The molecule has 2 N–H and O–H groups in total. The minimum atomic E-state index is -1.16. The summed E-state index contributed by atoms with van der Waals surface area (Å²) in [5, 5.41) is 11.7. The van der Waals surface area contributed by atoms with Crippen molar-refractivity contribution in [2.45, 2.75) is 0 Å². The van der Waals surface area contributed by atoms with Gasteiger partial charge in [-0.1, -0.05) is 0 Å². The van der Waals surface area contributed by atoms with E-state index in [1.165, 1.54) is 6.33 Å². The lowest BCUT2D eigenvalue weighted by atomic mass is 10.3. The average molecular weight is 232 g/mol. The van der Waals surface area contributed by atoms with Gasteiger partial charge in [0.25, 0.3) is 0 Å². The zero-order valence-corrected chi connectivity index (χ0v) is 9.18. The van der Waals surface area contributed by atoms with E-state index in [2.05, 4.69) is 26.1 Å². The number of hydrogen-bond acceptors (Lipinski definition) is 5. The van der Waals surface area contributed by atoms with Crippen LogP contribution in [0.2, 0.25) is 0 Å². The number of aliphatic carboxylic acids is 1. The first-order valence-corrected chi connectivity index (χ1v) is 5.28. The van der Waals surface area contributed by atoms with Gasteiger partial charge in [0.05, 0.1) is 0 Å². The minimum absolute atomic E-state index is 0.427. The summed E-state index contributed by atoms with van der Waals surface area (Å²) in [6.07, 6.45) is 1.41. The highest BCUT2D eigenvalue weighted by molar-refractivity contribution is 5.87. The molecule has 0 atom stereocenters. The van der Waals surface area contributed by atoms with Crippen LogP contribution >= 0.6 is 0 Å². The number of nitrogens with one attached hydrogen (secondary N) is 1. The number of nitrogens with zero attached hydrogens (tertiary/aromatic N) is 3. The number of rotatable bonds is 1. The van der Waals surface area contributed by atoms with Gasteiger partial charge < -0.3 is 15.3 Å². The molecule has 1 aliphatic rings. The highest BCUT2D eigenvalue weighted by atomic mass is 16.4. The molecule has 1 aromatic heterocycles. The molecule has 0 amide bonds. The molecule has 0 radical (unpaired) electrons. The number of piperazine rings is 1. The van der Waals surface area contributed by atoms with Crippen LogP contribution in [-0.2, 0) is 4.79 Å². The highest BCUT2D eigenvalue weighted by Crippen LogP contribution is 2.10. The van der Waals surface area contributed by atoms with Crippen molar-refractivity contribution in [2.24, 2.45) is 0 Å². The van der Waals surface area contributed by atoms with Crippen LogP contribution in [0.3, 0.4) is 0 Å².